The van der Waals surface area contributed by atoms with Crippen molar-refractivity contribution in [1.29, 1.82) is 5.26 Å². The number of nitrogens with one attached hydrogen (secondary N) is 1. The van der Waals surface area contributed by atoms with E-state index >= 15 is 0 Å². The van der Waals surface area contributed by atoms with Gasteiger partial charge in [-0.15, -0.1) is 0 Å². The number of amides is 1. The van der Waals surface area contributed by atoms with Crippen molar-refractivity contribution in [3.8, 4) is 17.6 Å². The quantitative estimate of drug-likeness (QED) is 0.517. The van der Waals surface area contributed by atoms with E-state index in [0.717, 1.165) is 11.1 Å². The van der Waals surface area contributed by atoms with E-state index < -0.39 is 5.91 Å². The Hall–Kier alpha value is -2.78. The number of benzene rings is 2. The molecule has 0 aromatic heterocycles. The Morgan fingerprint density at radius 3 is 2.70 bits per heavy atom. The van der Waals surface area contributed by atoms with Crippen molar-refractivity contribution in [1.82, 2.24) is 0 Å². The molecule has 2 rings (SSSR count). The standard InChI is InChI=1S/C21H21BrN2O3/c1-5-27-19-11-15(10-17(22)20(19)26-4)9-16(12-23)21(25)24-18-8-6-7-13(2)14(18)3/h6-11H,5H2,1-4H3,(H,24,25)/b16-9-. The summed E-state index contributed by atoms with van der Waals surface area (Å²) in [5.41, 5.74) is 3.37. The van der Waals surface area contributed by atoms with Gasteiger partial charge in [-0.05, 0) is 77.7 Å². The molecule has 0 saturated heterocycles. The van der Waals surface area contributed by atoms with E-state index in [1.807, 2.05) is 45.0 Å². The maximum absolute atomic E-state index is 12.6. The summed E-state index contributed by atoms with van der Waals surface area (Å²) < 4.78 is 11.6. The number of anilines is 1. The molecule has 0 bridgehead atoms. The Morgan fingerprint density at radius 1 is 1.33 bits per heavy atom. The molecule has 2 aromatic rings. The van der Waals surface area contributed by atoms with Crippen LogP contribution < -0.4 is 14.8 Å². The van der Waals surface area contributed by atoms with Crippen molar-refractivity contribution in [3.63, 3.8) is 0 Å². The highest BCUT2D eigenvalue weighted by Gasteiger charge is 2.14. The van der Waals surface area contributed by atoms with Gasteiger partial charge in [0.1, 0.15) is 11.6 Å². The van der Waals surface area contributed by atoms with E-state index in [1.165, 1.54) is 6.08 Å². The van der Waals surface area contributed by atoms with Gasteiger partial charge in [-0.1, -0.05) is 12.1 Å². The molecule has 0 aliphatic rings. The van der Waals surface area contributed by atoms with Crippen LogP contribution in [0.2, 0.25) is 0 Å². The van der Waals surface area contributed by atoms with E-state index in [4.69, 9.17) is 9.47 Å². The first-order chi connectivity index (χ1) is 12.9. The minimum Gasteiger partial charge on any atom is -0.492 e. The Labute approximate surface area is 167 Å². The molecular formula is C21H21BrN2O3. The number of rotatable bonds is 6. The van der Waals surface area contributed by atoms with Crippen molar-refractivity contribution in [2.24, 2.45) is 0 Å². The molecule has 27 heavy (non-hydrogen) atoms. The zero-order valence-corrected chi connectivity index (χ0v) is 17.3. The summed E-state index contributed by atoms with van der Waals surface area (Å²) in [5.74, 6) is 0.635. The summed E-state index contributed by atoms with van der Waals surface area (Å²) in [6.07, 6.45) is 1.52. The van der Waals surface area contributed by atoms with Crippen LogP contribution in [-0.4, -0.2) is 19.6 Å². The highest BCUT2D eigenvalue weighted by molar-refractivity contribution is 9.10. The number of nitrogens with zero attached hydrogens (tertiary/aromatic N) is 1. The lowest BCUT2D eigenvalue weighted by atomic mass is 10.1. The van der Waals surface area contributed by atoms with Gasteiger partial charge in [0.15, 0.2) is 11.5 Å². The lowest BCUT2D eigenvalue weighted by molar-refractivity contribution is -0.112. The molecule has 140 valence electrons. The molecule has 2 aromatic carbocycles. The molecular weight excluding hydrogens is 408 g/mol. The molecule has 0 saturated carbocycles. The van der Waals surface area contributed by atoms with Crippen molar-refractivity contribution in [2.45, 2.75) is 20.8 Å². The van der Waals surface area contributed by atoms with Gasteiger partial charge >= 0.3 is 0 Å². The first-order valence-corrected chi connectivity index (χ1v) is 9.20. The van der Waals surface area contributed by atoms with Crippen LogP contribution in [0.15, 0.2) is 40.4 Å². The van der Waals surface area contributed by atoms with E-state index in [-0.39, 0.29) is 5.57 Å². The van der Waals surface area contributed by atoms with Crippen LogP contribution in [0.3, 0.4) is 0 Å². The molecule has 0 spiro atoms. The number of ether oxygens (including phenoxy) is 2. The summed E-state index contributed by atoms with van der Waals surface area (Å²) >= 11 is 3.43. The Balaban J connectivity index is 2.36. The van der Waals surface area contributed by atoms with Crippen LogP contribution in [-0.2, 0) is 4.79 Å². The predicted molar refractivity (Wildman–Crippen MR) is 110 cm³/mol. The van der Waals surface area contributed by atoms with Crippen LogP contribution in [0, 0.1) is 25.2 Å². The number of nitriles is 1. The zero-order chi connectivity index (χ0) is 20.0. The van der Waals surface area contributed by atoms with Crippen LogP contribution in [0.1, 0.15) is 23.6 Å². The van der Waals surface area contributed by atoms with Gasteiger partial charge in [0.25, 0.3) is 5.91 Å². The van der Waals surface area contributed by atoms with Gasteiger partial charge in [-0.2, -0.15) is 5.26 Å². The van der Waals surface area contributed by atoms with Crippen molar-refractivity contribution >= 4 is 33.6 Å². The number of carbonyl (C=O) groups is 1. The molecule has 0 radical (unpaired) electrons. The highest BCUT2D eigenvalue weighted by atomic mass is 79.9. The zero-order valence-electron chi connectivity index (χ0n) is 15.7. The molecule has 0 unspecified atom stereocenters. The second-order valence-corrected chi connectivity index (χ2v) is 6.69. The molecule has 1 amide bonds. The molecule has 0 aliphatic carbocycles. The normalized spacial score (nSPS) is 10.9. The summed E-state index contributed by atoms with van der Waals surface area (Å²) in [4.78, 5) is 12.6. The number of aryl methyl sites for hydroxylation is 1. The maximum Gasteiger partial charge on any atom is 0.266 e. The topological polar surface area (TPSA) is 71.3 Å². The fourth-order valence-corrected chi connectivity index (χ4v) is 3.15. The van der Waals surface area contributed by atoms with Crippen molar-refractivity contribution in [2.75, 3.05) is 19.0 Å². The maximum atomic E-state index is 12.6. The fourth-order valence-electron chi connectivity index (χ4n) is 2.52. The summed E-state index contributed by atoms with van der Waals surface area (Å²) in [6.45, 7) is 6.23. The van der Waals surface area contributed by atoms with Crippen molar-refractivity contribution < 1.29 is 14.3 Å². The first kappa shape index (κ1) is 20.5. The highest BCUT2D eigenvalue weighted by Crippen LogP contribution is 2.37. The van der Waals surface area contributed by atoms with Gasteiger partial charge in [-0.3, -0.25) is 4.79 Å². The van der Waals surface area contributed by atoms with E-state index in [0.29, 0.717) is 33.8 Å². The largest absolute Gasteiger partial charge is 0.492 e. The molecule has 0 fully saturated rings. The third-order valence-corrected chi connectivity index (χ3v) is 4.65. The SMILES string of the molecule is CCOc1cc(/C=C(/C#N)C(=O)Nc2cccc(C)c2C)cc(Br)c1OC. The smallest absolute Gasteiger partial charge is 0.266 e. The van der Waals surface area contributed by atoms with Crippen LogP contribution in [0.5, 0.6) is 11.5 Å². The molecule has 5 nitrogen and oxygen atoms in total. The van der Waals surface area contributed by atoms with E-state index in [1.54, 1.807) is 19.2 Å². The number of methoxy groups -OCH3 is 1. The molecule has 0 atom stereocenters. The lowest BCUT2D eigenvalue weighted by Gasteiger charge is -2.12. The fraction of sp³-hybridized carbons (Fsp3) is 0.238. The Bertz CT molecular complexity index is 930. The lowest BCUT2D eigenvalue weighted by Crippen LogP contribution is -2.14. The first-order valence-electron chi connectivity index (χ1n) is 8.41. The van der Waals surface area contributed by atoms with E-state index in [9.17, 15) is 10.1 Å². The monoisotopic (exact) mass is 428 g/mol. The van der Waals surface area contributed by atoms with Crippen LogP contribution in [0.4, 0.5) is 5.69 Å². The van der Waals surface area contributed by atoms with Gasteiger partial charge in [0, 0.05) is 5.69 Å². The third kappa shape index (κ3) is 4.89. The Kier molecular flexibility index (Phi) is 7.03. The van der Waals surface area contributed by atoms with Gasteiger partial charge in [0.2, 0.25) is 0 Å². The van der Waals surface area contributed by atoms with Crippen LogP contribution >= 0.6 is 15.9 Å². The minimum atomic E-state index is -0.462. The summed E-state index contributed by atoms with van der Waals surface area (Å²) in [7, 11) is 1.55. The summed E-state index contributed by atoms with van der Waals surface area (Å²) in [5, 5.41) is 12.3. The Morgan fingerprint density at radius 2 is 2.07 bits per heavy atom. The number of carbonyl (C=O) groups excluding carboxylic acids is 1. The number of hydrogen-bond acceptors (Lipinski definition) is 4. The van der Waals surface area contributed by atoms with Crippen molar-refractivity contribution in [3.05, 3.63) is 57.1 Å². The summed E-state index contributed by atoms with van der Waals surface area (Å²) in [6, 6.07) is 11.1. The van der Waals surface area contributed by atoms with Gasteiger partial charge in [-0.25, -0.2) is 0 Å². The molecule has 6 heteroatoms. The molecule has 0 aliphatic heterocycles. The van der Waals surface area contributed by atoms with Gasteiger partial charge in [0.05, 0.1) is 18.2 Å². The van der Waals surface area contributed by atoms with Crippen LogP contribution in [0.25, 0.3) is 6.08 Å². The third-order valence-electron chi connectivity index (χ3n) is 4.06. The average Bonchev–Trinajstić information content (AvgIpc) is 2.63. The van der Waals surface area contributed by atoms with Gasteiger partial charge < -0.3 is 14.8 Å². The van der Waals surface area contributed by atoms with E-state index in [2.05, 4.69) is 21.2 Å². The second kappa shape index (κ2) is 9.24. The average molecular weight is 429 g/mol. The predicted octanol–water partition coefficient (Wildman–Crippen LogP) is 5.02. The number of halogens is 1. The second-order valence-electron chi connectivity index (χ2n) is 5.84. The minimum absolute atomic E-state index is 0.00424. The molecule has 0 heterocycles. The number of hydrogen-bond donors (Lipinski definition) is 1. The molecule has 1 N–H and O–H groups in total.